The molecular weight excluding hydrogens is 242 g/mol. The topological polar surface area (TPSA) is 57.6 Å². The van der Waals surface area contributed by atoms with Crippen molar-refractivity contribution in [2.75, 3.05) is 6.54 Å². The molecule has 1 atom stereocenters. The molecule has 0 bridgehead atoms. The molecule has 0 radical (unpaired) electrons. The zero-order valence-electron chi connectivity index (χ0n) is 12.0. The van der Waals surface area contributed by atoms with Crippen molar-refractivity contribution in [1.29, 1.82) is 0 Å². The van der Waals surface area contributed by atoms with Crippen LogP contribution < -0.4 is 0 Å². The van der Waals surface area contributed by atoms with Gasteiger partial charge in [-0.25, -0.2) is 4.79 Å². The van der Waals surface area contributed by atoms with Gasteiger partial charge in [0.05, 0.1) is 0 Å². The lowest BCUT2D eigenvalue weighted by molar-refractivity contribution is -0.146. The normalized spacial score (nSPS) is 19.4. The van der Waals surface area contributed by atoms with Gasteiger partial charge in [-0.3, -0.25) is 4.79 Å². The van der Waals surface area contributed by atoms with Crippen molar-refractivity contribution in [3.05, 3.63) is 23.3 Å². The SMILES string of the molecule is CC(C)=CCC/C(C)=C/C(=O)N1CCCC1C(=O)O. The molecule has 1 rings (SSSR count). The maximum atomic E-state index is 12.0. The van der Waals surface area contributed by atoms with Crippen molar-refractivity contribution in [1.82, 2.24) is 4.90 Å². The average Bonchev–Trinajstić information content (AvgIpc) is 2.77. The summed E-state index contributed by atoms with van der Waals surface area (Å²) >= 11 is 0. The van der Waals surface area contributed by atoms with E-state index in [2.05, 4.69) is 6.08 Å². The number of hydrogen-bond acceptors (Lipinski definition) is 2. The van der Waals surface area contributed by atoms with Crippen molar-refractivity contribution in [3.63, 3.8) is 0 Å². The van der Waals surface area contributed by atoms with Crippen LogP contribution in [0.4, 0.5) is 0 Å². The molecule has 1 aliphatic heterocycles. The van der Waals surface area contributed by atoms with Crippen LogP contribution in [0.1, 0.15) is 46.5 Å². The van der Waals surface area contributed by atoms with Crippen LogP contribution in [-0.2, 0) is 9.59 Å². The molecule has 1 amide bonds. The summed E-state index contributed by atoms with van der Waals surface area (Å²) in [5.41, 5.74) is 2.27. The molecule has 1 aliphatic rings. The minimum Gasteiger partial charge on any atom is -0.480 e. The fourth-order valence-electron chi connectivity index (χ4n) is 2.24. The first-order valence-electron chi connectivity index (χ1n) is 6.75. The molecule has 0 spiro atoms. The third-order valence-corrected chi connectivity index (χ3v) is 3.28. The van der Waals surface area contributed by atoms with Crippen LogP contribution in [-0.4, -0.2) is 34.5 Å². The lowest BCUT2D eigenvalue weighted by atomic mass is 10.1. The van der Waals surface area contributed by atoms with Gasteiger partial charge < -0.3 is 10.0 Å². The second kappa shape index (κ2) is 7.12. The van der Waals surface area contributed by atoms with Gasteiger partial charge in [-0.1, -0.05) is 17.2 Å². The van der Waals surface area contributed by atoms with Crippen molar-refractivity contribution in [3.8, 4) is 0 Å². The fraction of sp³-hybridized carbons (Fsp3) is 0.600. The van der Waals surface area contributed by atoms with Crippen LogP contribution in [0.25, 0.3) is 0 Å². The number of carbonyl (C=O) groups excluding carboxylic acids is 1. The predicted octanol–water partition coefficient (Wildman–Crippen LogP) is 2.75. The molecule has 1 saturated heterocycles. The Morgan fingerprint density at radius 2 is 2.00 bits per heavy atom. The van der Waals surface area contributed by atoms with Crippen molar-refractivity contribution in [2.45, 2.75) is 52.5 Å². The molecule has 1 heterocycles. The molecule has 0 aromatic rings. The predicted molar refractivity (Wildman–Crippen MR) is 74.8 cm³/mol. The number of rotatable bonds is 5. The summed E-state index contributed by atoms with van der Waals surface area (Å²) in [5, 5.41) is 9.05. The first-order chi connectivity index (χ1) is 8.91. The maximum Gasteiger partial charge on any atom is 0.326 e. The number of hydrogen-bond donors (Lipinski definition) is 1. The largest absolute Gasteiger partial charge is 0.480 e. The lowest BCUT2D eigenvalue weighted by Gasteiger charge is -2.19. The quantitative estimate of drug-likeness (QED) is 0.614. The number of nitrogens with zero attached hydrogens (tertiary/aromatic N) is 1. The lowest BCUT2D eigenvalue weighted by Crippen LogP contribution is -2.39. The smallest absolute Gasteiger partial charge is 0.326 e. The minimum absolute atomic E-state index is 0.167. The third kappa shape index (κ3) is 4.89. The summed E-state index contributed by atoms with van der Waals surface area (Å²) in [7, 11) is 0. The van der Waals surface area contributed by atoms with E-state index < -0.39 is 12.0 Å². The van der Waals surface area contributed by atoms with Gasteiger partial charge in [0, 0.05) is 12.6 Å². The molecule has 4 heteroatoms. The third-order valence-electron chi connectivity index (χ3n) is 3.28. The molecule has 0 aromatic heterocycles. The molecule has 0 aliphatic carbocycles. The Balaban J connectivity index is 2.57. The number of allylic oxidation sites excluding steroid dienone is 3. The van der Waals surface area contributed by atoms with Crippen molar-refractivity contribution in [2.24, 2.45) is 0 Å². The highest BCUT2D eigenvalue weighted by atomic mass is 16.4. The Morgan fingerprint density at radius 1 is 1.32 bits per heavy atom. The first kappa shape index (κ1) is 15.5. The van der Waals surface area contributed by atoms with Gasteiger partial charge in [-0.2, -0.15) is 0 Å². The molecule has 1 N–H and O–H groups in total. The summed E-state index contributed by atoms with van der Waals surface area (Å²) in [6, 6.07) is -0.644. The summed E-state index contributed by atoms with van der Waals surface area (Å²) in [5.74, 6) is -1.07. The molecule has 106 valence electrons. The zero-order chi connectivity index (χ0) is 14.4. The van der Waals surface area contributed by atoms with E-state index in [1.54, 1.807) is 6.08 Å². The second-order valence-electron chi connectivity index (χ2n) is 5.34. The fourth-order valence-corrected chi connectivity index (χ4v) is 2.24. The number of carboxylic acids is 1. The van der Waals surface area contributed by atoms with Crippen molar-refractivity contribution >= 4 is 11.9 Å². The number of aliphatic carboxylic acids is 1. The molecule has 4 nitrogen and oxygen atoms in total. The monoisotopic (exact) mass is 265 g/mol. The van der Waals surface area contributed by atoms with E-state index in [0.29, 0.717) is 13.0 Å². The highest BCUT2D eigenvalue weighted by Crippen LogP contribution is 2.18. The van der Waals surface area contributed by atoms with E-state index in [9.17, 15) is 9.59 Å². The number of carbonyl (C=O) groups is 2. The summed E-state index contributed by atoms with van der Waals surface area (Å²) in [6.45, 7) is 6.56. The van der Waals surface area contributed by atoms with Crippen molar-refractivity contribution < 1.29 is 14.7 Å². The van der Waals surface area contributed by atoms with Gasteiger partial charge >= 0.3 is 5.97 Å². The van der Waals surface area contributed by atoms with Crippen LogP contribution in [0.2, 0.25) is 0 Å². The Kier molecular flexibility index (Phi) is 5.80. The van der Waals surface area contributed by atoms with Crippen LogP contribution in [0.5, 0.6) is 0 Å². The van der Waals surface area contributed by atoms with E-state index in [4.69, 9.17) is 5.11 Å². The second-order valence-corrected chi connectivity index (χ2v) is 5.34. The number of carboxylic acid groups (broad SMARTS) is 1. The Labute approximate surface area is 114 Å². The highest BCUT2D eigenvalue weighted by molar-refractivity contribution is 5.92. The molecule has 0 aromatic carbocycles. The number of amides is 1. The zero-order valence-corrected chi connectivity index (χ0v) is 12.0. The van der Waals surface area contributed by atoms with Crippen LogP contribution in [0.15, 0.2) is 23.3 Å². The molecular formula is C15H23NO3. The van der Waals surface area contributed by atoms with Crippen LogP contribution in [0.3, 0.4) is 0 Å². The van der Waals surface area contributed by atoms with E-state index in [0.717, 1.165) is 24.8 Å². The average molecular weight is 265 g/mol. The van der Waals surface area contributed by atoms with Crippen LogP contribution in [0, 0.1) is 0 Å². The van der Waals surface area contributed by atoms with E-state index in [1.807, 2.05) is 20.8 Å². The molecule has 1 fully saturated rings. The maximum absolute atomic E-state index is 12.0. The molecule has 19 heavy (non-hydrogen) atoms. The Hall–Kier alpha value is -1.58. The van der Waals surface area contributed by atoms with Gasteiger partial charge in [0.25, 0.3) is 0 Å². The van der Waals surface area contributed by atoms with Gasteiger partial charge in [-0.05, 0) is 46.5 Å². The summed E-state index contributed by atoms with van der Waals surface area (Å²) < 4.78 is 0. The Bertz CT molecular complexity index is 406. The first-order valence-corrected chi connectivity index (χ1v) is 6.75. The molecule has 0 saturated carbocycles. The van der Waals surface area contributed by atoms with Gasteiger partial charge in [0.15, 0.2) is 0 Å². The van der Waals surface area contributed by atoms with E-state index in [1.165, 1.54) is 10.5 Å². The highest BCUT2D eigenvalue weighted by Gasteiger charge is 2.32. The summed E-state index contributed by atoms with van der Waals surface area (Å²) in [4.78, 5) is 24.5. The van der Waals surface area contributed by atoms with Gasteiger partial charge in [-0.15, -0.1) is 0 Å². The summed E-state index contributed by atoms with van der Waals surface area (Å²) in [6.07, 6.45) is 6.81. The molecule has 1 unspecified atom stereocenters. The standard InChI is InChI=1S/C15H23NO3/c1-11(2)6-4-7-12(3)10-14(17)16-9-5-8-13(16)15(18)19/h6,10,13H,4-5,7-9H2,1-3H3,(H,18,19)/b12-10+. The van der Waals surface area contributed by atoms with Gasteiger partial charge in [0.1, 0.15) is 6.04 Å². The van der Waals surface area contributed by atoms with E-state index >= 15 is 0 Å². The van der Waals surface area contributed by atoms with Gasteiger partial charge in [0.2, 0.25) is 5.91 Å². The number of likely N-dealkylation sites (tertiary alicyclic amines) is 1. The Morgan fingerprint density at radius 3 is 2.58 bits per heavy atom. The van der Waals surface area contributed by atoms with E-state index in [-0.39, 0.29) is 5.91 Å². The minimum atomic E-state index is -0.901. The van der Waals surface area contributed by atoms with Crippen LogP contribution >= 0.6 is 0 Å².